The summed E-state index contributed by atoms with van der Waals surface area (Å²) in [6.45, 7) is 11.1. The predicted octanol–water partition coefficient (Wildman–Crippen LogP) is 3.84. The van der Waals surface area contributed by atoms with Crippen molar-refractivity contribution in [2.75, 3.05) is 33.2 Å². The number of piperazine rings is 1. The number of aromatic amines is 1. The van der Waals surface area contributed by atoms with E-state index in [9.17, 15) is 10.2 Å². The highest BCUT2D eigenvalue weighted by molar-refractivity contribution is 5.85. The topological polar surface area (TPSA) is 87.7 Å². The lowest BCUT2D eigenvalue weighted by molar-refractivity contribution is 0.0947. The molecule has 4 rings (SSSR count). The number of nitrogens with one attached hydrogen (secondary N) is 2. The summed E-state index contributed by atoms with van der Waals surface area (Å²) in [5, 5.41) is 30.6. The second-order valence-electron chi connectivity index (χ2n) is 8.84. The Morgan fingerprint density at radius 3 is 2.34 bits per heavy atom. The van der Waals surface area contributed by atoms with Gasteiger partial charge in [-0.2, -0.15) is 5.10 Å². The zero-order valence-corrected chi connectivity index (χ0v) is 19.3. The predicted molar refractivity (Wildman–Crippen MR) is 128 cm³/mol. The molecular formula is C25H33N5O2. The second-order valence-corrected chi connectivity index (χ2v) is 8.84. The van der Waals surface area contributed by atoms with Crippen LogP contribution in [0.2, 0.25) is 0 Å². The van der Waals surface area contributed by atoms with Gasteiger partial charge in [-0.15, -0.1) is 0 Å². The summed E-state index contributed by atoms with van der Waals surface area (Å²) in [6, 6.07) is 11.9. The van der Waals surface area contributed by atoms with Gasteiger partial charge in [0.05, 0.1) is 0 Å². The van der Waals surface area contributed by atoms with Gasteiger partial charge in [0.25, 0.3) is 0 Å². The molecule has 0 radical (unpaired) electrons. The van der Waals surface area contributed by atoms with Gasteiger partial charge in [0, 0.05) is 55.6 Å². The molecule has 0 spiro atoms. The average molecular weight is 436 g/mol. The van der Waals surface area contributed by atoms with Crippen LogP contribution in [0.25, 0.3) is 22.4 Å². The lowest BCUT2D eigenvalue weighted by atomic mass is 9.94. The molecule has 7 nitrogen and oxygen atoms in total. The Balaban J connectivity index is 1.60. The largest absolute Gasteiger partial charge is 0.508 e. The van der Waals surface area contributed by atoms with Crippen molar-refractivity contribution in [2.45, 2.75) is 33.2 Å². The minimum absolute atomic E-state index is 0.0250. The van der Waals surface area contributed by atoms with Gasteiger partial charge in [0.1, 0.15) is 17.2 Å². The first-order valence-electron chi connectivity index (χ1n) is 11.2. The van der Waals surface area contributed by atoms with Crippen molar-refractivity contribution in [3.8, 4) is 33.9 Å². The maximum atomic E-state index is 10.6. The zero-order chi connectivity index (χ0) is 22.8. The molecule has 0 aliphatic carbocycles. The van der Waals surface area contributed by atoms with Crippen LogP contribution in [-0.4, -0.2) is 63.5 Å². The van der Waals surface area contributed by atoms with E-state index in [0.29, 0.717) is 11.3 Å². The van der Waals surface area contributed by atoms with Crippen LogP contribution in [0.15, 0.2) is 36.4 Å². The summed E-state index contributed by atoms with van der Waals surface area (Å²) in [4.78, 5) is 2.47. The molecule has 0 unspecified atom stereocenters. The Hall–Kier alpha value is -2.87. The van der Waals surface area contributed by atoms with Gasteiger partial charge >= 0.3 is 0 Å². The molecule has 0 bridgehead atoms. The van der Waals surface area contributed by atoms with E-state index in [1.165, 1.54) is 11.6 Å². The molecule has 32 heavy (non-hydrogen) atoms. The van der Waals surface area contributed by atoms with Crippen molar-refractivity contribution in [1.29, 1.82) is 0 Å². The van der Waals surface area contributed by atoms with Crippen LogP contribution >= 0.6 is 0 Å². The minimum atomic E-state index is 0.0250. The molecule has 1 aliphatic rings. The Labute approximate surface area is 189 Å². The molecule has 0 saturated carbocycles. The first kappa shape index (κ1) is 22.3. The first-order chi connectivity index (χ1) is 15.4. The number of hydrogen-bond acceptors (Lipinski definition) is 6. The summed E-state index contributed by atoms with van der Waals surface area (Å²) >= 11 is 0. The number of aromatic nitrogens is 2. The molecular weight excluding hydrogens is 402 g/mol. The van der Waals surface area contributed by atoms with Gasteiger partial charge in [0.2, 0.25) is 0 Å². The van der Waals surface area contributed by atoms with Crippen molar-refractivity contribution >= 4 is 0 Å². The van der Waals surface area contributed by atoms with Crippen molar-refractivity contribution in [2.24, 2.45) is 0 Å². The molecule has 1 fully saturated rings. The third-order valence-corrected chi connectivity index (χ3v) is 6.31. The standard InChI is InChI=1S/C25H33N5O2/c1-16(2)20-13-21(23(32)14-22(20)31)25-24(17(3)27-28-25)19-7-5-18(6-8-19)15-29-9-11-30(26-4)12-10-29/h5-8,13-14,16,26,31-32H,9-12,15H2,1-4H3,(H,27,28). The molecule has 1 saturated heterocycles. The number of aromatic hydroxyl groups is 2. The fourth-order valence-electron chi connectivity index (χ4n) is 4.39. The highest BCUT2D eigenvalue weighted by atomic mass is 16.3. The summed E-state index contributed by atoms with van der Waals surface area (Å²) < 4.78 is 0. The van der Waals surface area contributed by atoms with E-state index in [4.69, 9.17) is 0 Å². The number of hydrogen-bond donors (Lipinski definition) is 4. The number of H-pyrrole nitrogens is 1. The molecule has 0 amide bonds. The van der Waals surface area contributed by atoms with E-state index >= 15 is 0 Å². The Bertz CT molecular complexity index is 1070. The van der Waals surface area contributed by atoms with Crippen molar-refractivity contribution in [3.05, 3.63) is 53.2 Å². The van der Waals surface area contributed by atoms with E-state index in [1.807, 2.05) is 33.9 Å². The van der Waals surface area contributed by atoms with Gasteiger partial charge in [-0.25, -0.2) is 5.01 Å². The van der Waals surface area contributed by atoms with Gasteiger partial charge in [0.15, 0.2) is 0 Å². The Kier molecular flexibility index (Phi) is 6.50. The van der Waals surface area contributed by atoms with Gasteiger partial charge in [-0.1, -0.05) is 38.1 Å². The van der Waals surface area contributed by atoms with Crippen LogP contribution in [-0.2, 0) is 6.54 Å². The average Bonchev–Trinajstić information content (AvgIpc) is 3.15. The van der Waals surface area contributed by atoms with Gasteiger partial charge in [-0.05, 0) is 42.6 Å². The number of aryl methyl sites for hydroxylation is 1. The van der Waals surface area contributed by atoms with Crippen LogP contribution in [0, 0.1) is 6.92 Å². The van der Waals surface area contributed by atoms with E-state index in [2.05, 4.69) is 49.8 Å². The zero-order valence-electron chi connectivity index (χ0n) is 19.3. The van der Waals surface area contributed by atoms with Crippen molar-refractivity contribution < 1.29 is 10.2 Å². The van der Waals surface area contributed by atoms with Crippen molar-refractivity contribution in [1.82, 2.24) is 25.5 Å². The molecule has 7 heteroatoms. The maximum absolute atomic E-state index is 10.6. The van der Waals surface area contributed by atoms with E-state index in [-0.39, 0.29) is 17.4 Å². The summed E-state index contributed by atoms with van der Waals surface area (Å²) in [7, 11) is 1.97. The summed E-state index contributed by atoms with van der Waals surface area (Å²) in [5.41, 5.74) is 9.56. The third kappa shape index (κ3) is 4.50. The molecule has 170 valence electrons. The molecule has 1 aliphatic heterocycles. The molecule has 2 heterocycles. The van der Waals surface area contributed by atoms with Gasteiger partial charge < -0.3 is 10.2 Å². The Morgan fingerprint density at radius 2 is 1.72 bits per heavy atom. The normalized spacial score (nSPS) is 15.5. The molecule has 3 aromatic rings. The minimum Gasteiger partial charge on any atom is -0.508 e. The maximum Gasteiger partial charge on any atom is 0.128 e. The second kappa shape index (κ2) is 9.32. The molecule has 2 aromatic carbocycles. The lowest BCUT2D eigenvalue weighted by Crippen LogP contribution is -2.50. The monoisotopic (exact) mass is 435 g/mol. The van der Waals surface area contributed by atoms with Crippen LogP contribution in [0.4, 0.5) is 0 Å². The number of benzene rings is 2. The smallest absolute Gasteiger partial charge is 0.128 e. The highest BCUT2D eigenvalue weighted by Crippen LogP contribution is 2.41. The number of hydrazine groups is 1. The summed E-state index contributed by atoms with van der Waals surface area (Å²) in [5.74, 6) is 0.263. The molecule has 0 atom stereocenters. The van der Waals surface area contributed by atoms with Crippen LogP contribution in [0.3, 0.4) is 0 Å². The number of rotatable bonds is 6. The SMILES string of the molecule is CNN1CCN(Cc2ccc(-c3c(-c4cc(C(C)C)c(O)cc4O)n[nH]c3C)cc2)CC1. The molecule has 1 aromatic heterocycles. The fraction of sp³-hybridized carbons (Fsp3) is 0.400. The number of phenolic OH excluding ortho intramolecular Hbond substituents is 2. The number of phenols is 2. The van der Waals surface area contributed by atoms with Crippen LogP contribution in [0.5, 0.6) is 11.5 Å². The van der Waals surface area contributed by atoms with Crippen molar-refractivity contribution in [3.63, 3.8) is 0 Å². The third-order valence-electron chi connectivity index (χ3n) is 6.31. The molecule has 4 N–H and O–H groups in total. The highest BCUT2D eigenvalue weighted by Gasteiger charge is 2.21. The Morgan fingerprint density at radius 1 is 1.03 bits per heavy atom. The van der Waals surface area contributed by atoms with Gasteiger partial charge in [-0.3, -0.25) is 15.4 Å². The number of nitrogens with zero attached hydrogens (tertiary/aromatic N) is 3. The van der Waals surface area contributed by atoms with Crippen LogP contribution in [0.1, 0.15) is 36.6 Å². The summed E-state index contributed by atoms with van der Waals surface area (Å²) in [6.07, 6.45) is 0. The van der Waals surface area contributed by atoms with Crippen LogP contribution < -0.4 is 5.43 Å². The van der Waals surface area contributed by atoms with E-state index in [1.54, 1.807) is 0 Å². The van der Waals surface area contributed by atoms with E-state index in [0.717, 1.165) is 55.1 Å². The fourth-order valence-corrected chi connectivity index (χ4v) is 4.39. The quantitative estimate of drug-likeness (QED) is 0.471. The first-order valence-corrected chi connectivity index (χ1v) is 11.2. The lowest BCUT2D eigenvalue weighted by Gasteiger charge is -2.34. The van der Waals surface area contributed by atoms with E-state index < -0.39 is 0 Å².